The summed E-state index contributed by atoms with van der Waals surface area (Å²) in [6.45, 7) is 0. The molecule has 0 aliphatic heterocycles. The first-order chi connectivity index (χ1) is 10.2. The van der Waals surface area contributed by atoms with Crippen molar-refractivity contribution in [3.05, 3.63) is 39.8 Å². The van der Waals surface area contributed by atoms with Crippen LogP contribution < -0.4 is 4.90 Å². The van der Waals surface area contributed by atoms with Crippen molar-refractivity contribution in [3.63, 3.8) is 0 Å². The molecule has 1 unspecified atom stereocenters. The van der Waals surface area contributed by atoms with E-state index in [2.05, 4.69) is 27.5 Å². The van der Waals surface area contributed by atoms with Crippen LogP contribution in [0.3, 0.4) is 0 Å². The minimum Gasteiger partial charge on any atom is -0.363 e. The van der Waals surface area contributed by atoms with Crippen LogP contribution in [0.4, 0.5) is 5.82 Å². The number of rotatable bonds is 2. The van der Waals surface area contributed by atoms with Gasteiger partial charge >= 0.3 is 0 Å². The molecule has 0 radical (unpaired) electrons. The quantitative estimate of drug-likeness (QED) is 0.787. The maximum atomic E-state index is 4.77. The van der Waals surface area contributed by atoms with Gasteiger partial charge in [-0.2, -0.15) is 0 Å². The second-order valence-electron chi connectivity index (χ2n) is 5.80. The molecule has 1 aliphatic carbocycles. The summed E-state index contributed by atoms with van der Waals surface area (Å²) in [6, 6.07) is 6.36. The van der Waals surface area contributed by atoms with Gasteiger partial charge in [0, 0.05) is 24.9 Å². The van der Waals surface area contributed by atoms with Crippen LogP contribution in [0.15, 0.2) is 23.6 Å². The van der Waals surface area contributed by atoms with Crippen molar-refractivity contribution in [3.8, 4) is 0 Å². The van der Waals surface area contributed by atoms with Crippen LogP contribution >= 0.6 is 11.3 Å². The van der Waals surface area contributed by atoms with Crippen LogP contribution in [-0.2, 0) is 6.42 Å². The average molecular weight is 298 g/mol. The van der Waals surface area contributed by atoms with Crippen molar-refractivity contribution in [2.45, 2.75) is 25.2 Å². The number of fused-ring (bicyclic) bond motifs is 2. The van der Waals surface area contributed by atoms with E-state index in [0.29, 0.717) is 5.92 Å². The number of thiophene rings is 1. The van der Waals surface area contributed by atoms with Crippen LogP contribution in [0.2, 0.25) is 0 Å². The standard InChI is InChI=1S/C16H18N4S/c1-20(2)14-7-6-12-16(18-14)19-15(17-12)11-4-3-5-13-10(11)8-9-21-13/h6-9,11H,3-5H2,1-2H3,(H,17,18,19). The van der Waals surface area contributed by atoms with Crippen molar-refractivity contribution >= 4 is 28.3 Å². The Kier molecular flexibility index (Phi) is 2.96. The lowest BCUT2D eigenvalue weighted by molar-refractivity contribution is 0.604. The molecule has 4 nitrogen and oxygen atoms in total. The second kappa shape index (κ2) is 4.84. The maximum Gasteiger partial charge on any atom is 0.179 e. The molecule has 0 fully saturated rings. The van der Waals surface area contributed by atoms with Gasteiger partial charge in [-0.1, -0.05) is 0 Å². The Balaban J connectivity index is 1.78. The Morgan fingerprint density at radius 3 is 3.00 bits per heavy atom. The van der Waals surface area contributed by atoms with E-state index in [1.807, 2.05) is 36.4 Å². The summed E-state index contributed by atoms with van der Waals surface area (Å²) in [6.07, 6.45) is 3.63. The van der Waals surface area contributed by atoms with Gasteiger partial charge < -0.3 is 9.88 Å². The zero-order valence-corrected chi connectivity index (χ0v) is 13.1. The second-order valence-corrected chi connectivity index (χ2v) is 6.80. The molecule has 3 aromatic heterocycles. The third-order valence-electron chi connectivity index (χ3n) is 4.19. The van der Waals surface area contributed by atoms with Gasteiger partial charge in [0.2, 0.25) is 0 Å². The fraction of sp³-hybridized carbons (Fsp3) is 0.375. The predicted octanol–water partition coefficient (Wildman–Crippen LogP) is 3.55. The van der Waals surface area contributed by atoms with Crippen LogP contribution in [0.25, 0.3) is 11.2 Å². The molecule has 0 aromatic carbocycles. The summed E-state index contributed by atoms with van der Waals surface area (Å²) in [5, 5.41) is 2.20. The monoisotopic (exact) mass is 298 g/mol. The number of aryl methyl sites for hydroxylation is 1. The van der Waals surface area contributed by atoms with Crippen molar-refractivity contribution in [2.24, 2.45) is 0 Å². The lowest BCUT2D eigenvalue weighted by atomic mass is 9.87. The highest BCUT2D eigenvalue weighted by Crippen LogP contribution is 2.38. The predicted molar refractivity (Wildman–Crippen MR) is 87.3 cm³/mol. The Morgan fingerprint density at radius 2 is 2.14 bits per heavy atom. The van der Waals surface area contributed by atoms with Crippen LogP contribution in [0, 0.1) is 0 Å². The van der Waals surface area contributed by atoms with E-state index < -0.39 is 0 Å². The molecule has 3 aromatic rings. The van der Waals surface area contributed by atoms with Gasteiger partial charge in [-0.05, 0) is 48.4 Å². The van der Waals surface area contributed by atoms with Gasteiger partial charge in [-0.25, -0.2) is 9.97 Å². The number of anilines is 1. The van der Waals surface area contributed by atoms with E-state index in [1.165, 1.54) is 29.7 Å². The highest BCUT2D eigenvalue weighted by Gasteiger charge is 2.25. The number of imidazole rings is 1. The summed E-state index contributed by atoms with van der Waals surface area (Å²) in [5.74, 6) is 2.41. The normalized spacial score (nSPS) is 17.9. The van der Waals surface area contributed by atoms with Crippen molar-refractivity contribution < 1.29 is 0 Å². The number of pyridine rings is 1. The number of aromatic nitrogens is 3. The van der Waals surface area contributed by atoms with Gasteiger partial charge in [0.15, 0.2) is 5.65 Å². The first-order valence-electron chi connectivity index (χ1n) is 7.32. The molecule has 0 amide bonds. The molecule has 5 heteroatoms. The molecule has 21 heavy (non-hydrogen) atoms. The zero-order valence-electron chi connectivity index (χ0n) is 12.3. The molecule has 4 rings (SSSR count). The largest absolute Gasteiger partial charge is 0.363 e. The molecule has 3 heterocycles. The maximum absolute atomic E-state index is 4.77. The zero-order chi connectivity index (χ0) is 14.4. The van der Waals surface area contributed by atoms with Crippen molar-refractivity contribution in [2.75, 3.05) is 19.0 Å². The third kappa shape index (κ3) is 2.12. The van der Waals surface area contributed by atoms with Gasteiger partial charge in [0.25, 0.3) is 0 Å². The summed E-state index contributed by atoms with van der Waals surface area (Å²) in [4.78, 5) is 16.4. The molecule has 1 atom stereocenters. The Hall–Kier alpha value is -1.88. The Bertz CT molecular complexity index is 787. The SMILES string of the molecule is CN(C)c1ccc2[nH]c(C3CCCc4sccc43)nc2n1. The van der Waals surface area contributed by atoms with Crippen LogP contribution in [0.1, 0.15) is 35.0 Å². The highest BCUT2D eigenvalue weighted by molar-refractivity contribution is 7.10. The molecule has 1 N–H and O–H groups in total. The van der Waals surface area contributed by atoms with Gasteiger partial charge in [0.05, 0.1) is 5.52 Å². The first kappa shape index (κ1) is 12.8. The molecule has 0 bridgehead atoms. The molecular formula is C16H18N4S. The van der Waals surface area contributed by atoms with E-state index in [4.69, 9.17) is 4.98 Å². The lowest BCUT2D eigenvalue weighted by Crippen LogP contribution is -2.10. The number of nitrogens with one attached hydrogen (secondary N) is 1. The van der Waals surface area contributed by atoms with E-state index in [-0.39, 0.29) is 0 Å². The van der Waals surface area contributed by atoms with E-state index in [0.717, 1.165) is 22.8 Å². The van der Waals surface area contributed by atoms with Gasteiger partial charge in [-0.3, -0.25) is 0 Å². The minimum atomic E-state index is 0.400. The van der Waals surface area contributed by atoms with E-state index >= 15 is 0 Å². The molecule has 0 spiro atoms. The van der Waals surface area contributed by atoms with E-state index in [9.17, 15) is 0 Å². The van der Waals surface area contributed by atoms with Crippen LogP contribution in [0.5, 0.6) is 0 Å². The number of hydrogen-bond acceptors (Lipinski definition) is 4. The molecule has 0 saturated carbocycles. The topological polar surface area (TPSA) is 44.8 Å². The number of hydrogen-bond donors (Lipinski definition) is 1. The summed E-state index contributed by atoms with van der Waals surface area (Å²) in [7, 11) is 4.00. The van der Waals surface area contributed by atoms with Crippen LogP contribution in [-0.4, -0.2) is 29.0 Å². The summed E-state index contributed by atoms with van der Waals surface area (Å²) < 4.78 is 0. The van der Waals surface area contributed by atoms with Gasteiger partial charge in [0.1, 0.15) is 11.6 Å². The Labute approximate surface area is 127 Å². The first-order valence-corrected chi connectivity index (χ1v) is 8.20. The Morgan fingerprint density at radius 1 is 1.24 bits per heavy atom. The van der Waals surface area contributed by atoms with Crippen molar-refractivity contribution in [1.82, 2.24) is 15.0 Å². The van der Waals surface area contributed by atoms with E-state index in [1.54, 1.807) is 0 Å². The molecular weight excluding hydrogens is 280 g/mol. The average Bonchev–Trinajstić information content (AvgIpc) is 3.12. The molecule has 1 aliphatic rings. The lowest BCUT2D eigenvalue weighted by Gasteiger charge is -2.20. The van der Waals surface area contributed by atoms with Gasteiger partial charge in [-0.15, -0.1) is 11.3 Å². The smallest absolute Gasteiger partial charge is 0.179 e. The summed E-state index contributed by atoms with van der Waals surface area (Å²) in [5.41, 5.74) is 3.30. The summed E-state index contributed by atoms with van der Waals surface area (Å²) >= 11 is 1.87. The number of H-pyrrole nitrogens is 1. The third-order valence-corrected chi connectivity index (χ3v) is 5.19. The fourth-order valence-corrected chi connectivity index (χ4v) is 4.07. The van der Waals surface area contributed by atoms with Crippen molar-refractivity contribution in [1.29, 1.82) is 0 Å². The molecule has 108 valence electrons. The fourth-order valence-electron chi connectivity index (χ4n) is 3.09. The number of aromatic amines is 1. The molecule has 0 saturated heterocycles. The highest BCUT2D eigenvalue weighted by atomic mass is 32.1. The minimum absolute atomic E-state index is 0.400. The number of nitrogens with zero attached hydrogens (tertiary/aromatic N) is 3.